The van der Waals surface area contributed by atoms with Crippen LogP contribution in [0.2, 0.25) is 0 Å². The van der Waals surface area contributed by atoms with Gasteiger partial charge in [0.25, 0.3) is 0 Å². The largest absolute Gasteiger partial charge is 0.393 e. The lowest BCUT2D eigenvalue weighted by atomic mass is 9.44. The van der Waals surface area contributed by atoms with Gasteiger partial charge >= 0.3 is 0 Å². The van der Waals surface area contributed by atoms with Crippen molar-refractivity contribution in [1.29, 1.82) is 0 Å². The Hall–Kier alpha value is -0.420. The molecule has 0 amide bonds. The minimum atomic E-state index is -0.802. The van der Waals surface area contributed by atoms with E-state index in [1.165, 1.54) is 44.1 Å². The second-order valence-electron chi connectivity index (χ2n) is 12.7. The lowest BCUT2D eigenvalue weighted by Gasteiger charge is -2.60. The second-order valence-corrected chi connectivity index (χ2v) is 12.7. The van der Waals surface area contributed by atoms with Gasteiger partial charge in [-0.2, -0.15) is 0 Å². The van der Waals surface area contributed by atoms with Gasteiger partial charge in [0, 0.05) is 11.8 Å². The molecule has 4 heteroatoms. The van der Waals surface area contributed by atoms with Crippen LogP contribution in [0.1, 0.15) is 98.8 Å². The molecule has 0 unspecified atom stereocenters. The molecule has 0 radical (unpaired) electrons. The number of aliphatic hydroxyl groups is 2. The first kappa shape index (κ1) is 22.4. The SMILES string of the molecule is CC(C)CCC[C@@H](C)[C@H]1CC[C@H]2C3=C[C@H](O)[C@@]45C[C@@H](O)CC[C@]4(C)[C@]3(CC[C@]12C)OO5. The first-order valence-corrected chi connectivity index (χ1v) is 13.0. The number of aliphatic hydroxyl groups excluding tert-OH is 2. The van der Waals surface area contributed by atoms with Crippen LogP contribution in [-0.2, 0) is 9.78 Å². The monoisotopic (exact) mass is 432 g/mol. The summed E-state index contributed by atoms with van der Waals surface area (Å²) < 4.78 is 0. The van der Waals surface area contributed by atoms with E-state index >= 15 is 0 Å². The van der Waals surface area contributed by atoms with Gasteiger partial charge in [-0.3, -0.25) is 0 Å². The molecule has 3 saturated carbocycles. The lowest BCUT2D eigenvalue weighted by Crippen LogP contribution is -2.67. The van der Waals surface area contributed by atoms with Crippen LogP contribution >= 0.6 is 0 Å². The van der Waals surface area contributed by atoms with E-state index in [0.717, 1.165) is 37.0 Å². The summed E-state index contributed by atoms with van der Waals surface area (Å²) in [5.74, 6) is 2.75. The number of rotatable bonds is 5. The van der Waals surface area contributed by atoms with Crippen LogP contribution in [0.5, 0.6) is 0 Å². The van der Waals surface area contributed by atoms with Crippen LogP contribution in [0, 0.1) is 34.5 Å². The minimum absolute atomic E-state index is 0.273. The molecule has 2 N–H and O–H groups in total. The molecule has 1 spiro atoms. The van der Waals surface area contributed by atoms with Crippen molar-refractivity contribution in [2.75, 3.05) is 0 Å². The van der Waals surface area contributed by atoms with Crippen LogP contribution in [-0.4, -0.2) is 33.6 Å². The molecule has 176 valence electrons. The van der Waals surface area contributed by atoms with E-state index in [1.54, 1.807) is 0 Å². The van der Waals surface area contributed by atoms with Crippen molar-refractivity contribution < 1.29 is 20.0 Å². The van der Waals surface area contributed by atoms with E-state index < -0.39 is 23.4 Å². The molecule has 2 bridgehead atoms. The third-order valence-electron chi connectivity index (χ3n) is 10.9. The van der Waals surface area contributed by atoms with Crippen molar-refractivity contribution in [2.24, 2.45) is 34.5 Å². The Kier molecular flexibility index (Phi) is 5.26. The van der Waals surface area contributed by atoms with Gasteiger partial charge in [-0.05, 0) is 73.2 Å². The van der Waals surface area contributed by atoms with E-state index in [4.69, 9.17) is 9.78 Å². The molecular formula is C27H44O4. The molecule has 0 aromatic rings. The van der Waals surface area contributed by atoms with Crippen LogP contribution < -0.4 is 0 Å². The molecule has 1 saturated heterocycles. The van der Waals surface area contributed by atoms with E-state index in [1.807, 2.05) is 0 Å². The highest BCUT2D eigenvalue weighted by atomic mass is 17.2. The second kappa shape index (κ2) is 7.29. The van der Waals surface area contributed by atoms with Gasteiger partial charge in [-0.1, -0.05) is 60.0 Å². The quantitative estimate of drug-likeness (QED) is 0.441. The lowest BCUT2D eigenvalue weighted by molar-refractivity contribution is -0.357. The molecule has 5 aliphatic rings. The summed E-state index contributed by atoms with van der Waals surface area (Å²) in [6, 6.07) is 0. The summed E-state index contributed by atoms with van der Waals surface area (Å²) in [7, 11) is 0. The fraction of sp³-hybridized carbons (Fsp3) is 0.926. The highest BCUT2D eigenvalue weighted by Gasteiger charge is 2.78. The Morgan fingerprint density at radius 1 is 1.00 bits per heavy atom. The van der Waals surface area contributed by atoms with Crippen molar-refractivity contribution in [2.45, 2.75) is 122 Å². The normalized spacial score (nSPS) is 51.8. The molecular weight excluding hydrogens is 388 g/mol. The molecule has 1 aliphatic heterocycles. The number of hydrogen-bond acceptors (Lipinski definition) is 4. The van der Waals surface area contributed by atoms with Gasteiger partial charge in [-0.25, -0.2) is 9.78 Å². The van der Waals surface area contributed by atoms with Gasteiger partial charge in [0.15, 0.2) is 0 Å². The minimum Gasteiger partial charge on any atom is -0.393 e. The summed E-state index contributed by atoms with van der Waals surface area (Å²) in [4.78, 5) is 12.4. The average Bonchev–Trinajstić information content (AvgIpc) is 3.14. The maximum Gasteiger partial charge on any atom is 0.144 e. The summed E-state index contributed by atoms with van der Waals surface area (Å²) >= 11 is 0. The summed E-state index contributed by atoms with van der Waals surface area (Å²) in [5, 5.41) is 21.8. The smallest absolute Gasteiger partial charge is 0.144 e. The van der Waals surface area contributed by atoms with Crippen molar-refractivity contribution in [3.63, 3.8) is 0 Å². The molecule has 4 aliphatic carbocycles. The van der Waals surface area contributed by atoms with Gasteiger partial charge in [0.05, 0.1) is 6.10 Å². The average molecular weight is 433 g/mol. The van der Waals surface area contributed by atoms with Crippen LogP contribution in [0.4, 0.5) is 0 Å². The van der Waals surface area contributed by atoms with Crippen LogP contribution in [0.3, 0.4) is 0 Å². The maximum absolute atomic E-state index is 11.4. The fourth-order valence-corrected chi connectivity index (χ4v) is 8.98. The van der Waals surface area contributed by atoms with Crippen molar-refractivity contribution in [3.8, 4) is 0 Å². The van der Waals surface area contributed by atoms with Crippen LogP contribution in [0.15, 0.2) is 11.6 Å². The van der Waals surface area contributed by atoms with Gasteiger partial charge in [0.1, 0.15) is 17.3 Å². The first-order chi connectivity index (χ1) is 14.6. The first-order valence-electron chi connectivity index (χ1n) is 13.0. The predicted molar refractivity (Wildman–Crippen MR) is 121 cm³/mol. The van der Waals surface area contributed by atoms with Gasteiger partial charge in [-0.15, -0.1) is 0 Å². The predicted octanol–water partition coefficient (Wildman–Crippen LogP) is 5.57. The summed E-state index contributed by atoms with van der Waals surface area (Å²) in [5.41, 5.74) is 0.115. The van der Waals surface area contributed by atoms with E-state index in [-0.39, 0.29) is 10.8 Å². The third-order valence-corrected chi connectivity index (χ3v) is 10.9. The van der Waals surface area contributed by atoms with E-state index in [2.05, 4.69) is 40.7 Å². The Labute approximate surface area is 188 Å². The molecule has 5 rings (SSSR count). The molecule has 4 nitrogen and oxygen atoms in total. The molecule has 1 heterocycles. The summed E-state index contributed by atoms with van der Waals surface area (Å²) in [6.07, 6.45) is 11.7. The zero-order valence-corrected chi connectivity index (χ0v) is 20.3. The zero-order chi connectivity index (χ0) is 22.2. The van der Waals surface area contributed by atoms with Gasteiger partial charge in [0.2, 0.25) is 0 Å². The number of fused-ring (bicyclic) bond motifs is 2. The Morgan fingerprint density at radius 2 is 1.77 bits per heavy atom. The molecule has 9 atom stereocenters. The Balaban J connectivity index is 1.45. The van der Waals surface area contributed by atoms with E-state index in [0.29, 0.717) is 12.3 Å². The third kappa shape index (κ3) is 2.80. The van der Waals surface area contributed by atoms with Crippen molar-refractivity contribution in [1.82, 2.24) is 0 Å². The molecule has 0 aromatic heterocycles. The number of hydrogen-bond donors (Lipinski definition) is 2. The Morgan fingerprint density at radius 3 is 2.52 bits per heavy atom. The van der Waals surface area contributed by atoms with Crippen LogP contribution in [0.25, 0.3) is 0 Å². The topological polar surface area (TPSA) is 58.9 Å². The van der Waals surface area contributed by atoms with Crippen molar-refractivity contribution in [3.05, 3.63) is 11.6 Å². The maximum atomic E-state index is 11.4. The van der Waals surface area contributed by atoms with Crippen molar-refractivity contribution >= 4 is 0 Å². The van der Waals surface area contributed by atoms with E-state index in [9.17, 15) is 10.2 Å². The highest BCUT2D eigenvalue weighted by Crippen LogP contribution is 2.73. The molecule has 31 heavy (non-hydrogen) atoms. The standard InChI is InChI=1S/C27H44O4/c1-17(2)7-6-8-18(3)20-9-10-21-22-15-23(29)27-16-19(28)11-12-25(27,5)26(22,30-31-27)14-13-24(20,21)4/h15,17-21,23,28-29H,6-14,16H2,1-5H3/t18-,19+,20-,21+,23+,24-,25-,26-,27+/m1/s1. The van der Waals surface area contributed by atoms with Gasteiger partial charge < -0.3 is 10.2 Å². The highest BCUT2D eigenvalue weighted by molar-refractivity contribution is 5.42. The Bertz CT molecular complexity index is 748. The fourth-order valence-electron chi connectivity index (χ4n) is 8.98. The molecule has 0 aromatic carbocycles. The summed E-state index contributed by atoms with van der Waals surface area (Å²) in [6.45, 7) is 11.9. The zero-order valence-electron chi connectivity index (χ0n) is 20.3. The molecule has 4 fully saturated rings.